The molecule has 0 unspecified atom stereocenters. The van der Waals surface area contributed by atoms with Gasteiger partial charge in [0.15, 0.2) is 5.78 Å². The number of pyridine rings is 1. The molecule has 1 heterocycles. The van der Waals surface area contributed by atoms with Gasteiger partial charge >= 0.3 is 0 Å². The molecule has 0 bridgehead atoms. The Balaban J connectivity index is 2.08. The molecule has 1 aromatic heterocycles. The molecule has 1 aromatic carbocycles. The zero-order valence-electron chi connectivity index (χ0n) is 12.1. The third-order valence-electron chi connectivity index (χ3n) is 3.15. The highest BCUT2D eigenvalue weighted by molar-refractivity contribution is 5.95. The molecular weight excluding hydrogens is 250 g/mol. The number of hydrogen-bond acceptors (Lipinski definition) is 3. The molecule has 3 heteroatoms. The lowest BCUT2D eigenvalue weighted by Crippen LogP contribution is -1.97. The predicted molar refractivity (Wildman–Crippen MR) is 79.5 cm³/mol. The van der Waals surface area contributed by atoms with Crippen LogP contribution in [0.3, 0.4) is 0 Å². The van der Waals surface area contributed by atoms with Crippen molar-refractivity contribution in [2.75, 3.05) is 0 Å². The summed E-state index contributed by atoms with van der Waals surface area (Å²) in [5.41, 5.74) is 1.89. The van der Waals surface area contributed by atoms with Gasteiger partial charge in [0.2, 0.25) is 5.88 Å². The van der Waals surface area contributed by atoms with Crippen LogP contribution in [0.4, 0.5) is 0 Å². The van der Waals surface area contributed by atoms with Gasteiger partial charge in [-0.25, -0.2) is 4.98 Å². The van der Waals surface area contributed by atoms with Crippen molar-refractivity contribution >= 4 is 5.78 Å². The van der Waals surface area contributed by atoms with E-state index in [0.29, 0.717) is 23.8 Å². The van der Waals surface area contributed by atoms with Gasteiger partial charge in [-0.2, -0.15) is 0 Å². The maximum atomic E-state index is 11.5. The highest BCUT2D eigenvalue weighted by atomic mass is 16.5. The minimum atomic E-state index is 0.0883. The Morgan fingerprint density at radius 3 is 2.35 bits per heavy atom. The first kappa shape index (κ1) is 14.3. The van der Waals surface area contributed by atoms with E-state index >= 15 is 0 Å². The zero-order valence-corrected chi connectivity index (χ0v) is 12.1. The normalized spacial score (nSPS) is 10.6. The van der Waals surface area contributed by atoms with Gasteiger partial charge in [0.25, 0.3) is 0 Å². The number of Topliss-reactive ketones (excluding diaryl/α,β-unsaturated/α-hetero) is 1. The Bertz CT molecular complexity index is 571. The van der Waals surface area contributed by atoms with E-state index in [2.05, 4.69) is 31.0 Å². The standard InChI is InChI=1S/C17H19NO2/c1-4-16(19)14-7-10-17(18-11-14)20-15-8-5-13(6-9-15)12(2)3/h5-12H,4H2,1-3H3. The second kappa shape index (κ2) is 6.33. The molecule has 20 heavy (non-hydrogen) atoms. The topological polar surface area (TPSA) is 39.2 Å². The van der Waals surface area contributed by atoms with E-state index in [9.17, 15) is 4.79 Å². The Morgan fingerprint density at radius 1 is 1.15 bits per heavy atom. The summed E-state index contributed by atoms with van der Waals surface area (Å²) in [5, 5.41) is 0. The number of nitrogens with zero attached hydrogens (tertiary/aromatic N) is 1. The van der Waals surface area contributed by atoms with E-state index in [1.165, 1.54) is 5.56 Å². The second-order valence-electron chi connectivity index (χ2n) is 4.99. The molecule has 0 spiro atoms. The molecule has 0 atom stereocenters. The smallest absolute Gasteiger partial charge is 0.219 e. The fourth-order valence-electron chi connectivity index (χ4n) is 1.85. The third kappa shape index (κ3) is 3.44. The SMILES string of the molecule is CCC(=O)c1ccc(Oc2ccc(C(C)C)cc2)nc1. The predicted octanol–water partition coefficient (Wildman–Crippen LogP) is 4.59. The summed E-state index contributed by atoms with van der Waals surface area (Å²) < 4.78 is 5.66. The zero-order chi connectivity index (χ0) is 14.5. The van der Waals surface area contributed by atoms with Crippen LogP contribution in [0.25, 0.3) is 0 Å². The first-order chi connectivity index (χ1) is 9.60. The molecule has 0 aliphatic rings. The summed E-state index contributed by atoms with van der Waals surface area (Å²) in [5.74, 6) is 1.83. The Hall–Kier alpha value is -2.16. The largest absolute Gasteiger partial charge is 0.439 e. The summed E-state index contributed by atoms with van der Waals surface area (Å²) in [4.78, 5) is 15.7. The monoisotopic (exact) mass is 269 g/mol. The van der Waals surface area contributed by atoms with Crippen molar-refractivity contribution in [1.82, 2.24) is 4.98 Å². The van der Waals surface area contributed by atoms with Crippen molar-refractivity contribution in [2.45, 2.75) is 33.1 Å². The van der Waals surface area contributed by atoms with E-state index in [4.69, 9.17) is 4.74 Å². The van der Waals surface area contributed by atoms with Crippen molar-refractivity contribution in [2.24, 2.45) is 0 Å². The first-order valence-electron chi connectivity index (χ1n) is 6.87. The Kier molecular flexibility index (Phi) is 4.51. The molecule has 2 rings (SSSR count). The third-order valence-corrected chi connectivity index (χ3v) is 3.15. The lowest BCUT2D eigenvalue weighted by molar-refractivity contribution is 0.0988. The molecule has 0 fully saturated rings. The quantitative estimate of drug-likeness (QED) is 0.745. The van der Waals surface area contributed by atoms with Gasteiger partial charge < -0.3 is 4.74 Å². The molecular formula is C17H19NO2. The fraction of sp³-hybridized carbons (Fsp3) is 0.294. The van der Waals surface area contributed by atoms with Crippen LogP contribution in [-0.2, 0) is 0 Å². The second-order valence-corrected chi connectivity index (χ2v) is 4.99. The van der Waals surface area contributed by atoms with Gasteiger partial charge in [-0.3, -0.25) is 4.79 Å². The van der Waals surface area contributed by atoms with Crippen molar-refractivity contribution in [3.8, 4) is 11.6 Å². The molecule has 104 valence electrons. The Morgan fingerprint density at radius 2 is 1.85 bits per heavy atom. The molecule has 0 radical (unpaired) electrons. The molecule has 0 aliphatic heterocycles. The van der Waals surface area contributed by atoms with Crippen LogP contribution in [0.2, 0.25) is 0 Å². The first-order valence-corrected chi connectivity index (χ1v) is 6.87. The maximum absolute atomic E-state index is 11.5. The van der Waals surface area contributed by atoms with Gasteiger partial charge in [-0.15, -0.1) is 0 Å². The van der Waals surface area contributed by atoms with E-state index in [1.54, 1.807) is 18.3 Å². The molecule has 2 aromatic rings. The minimum absolute atomic E-state index is 0.0883. The minimum Gasteiger partial charge on any atom is -0.439 e. The summed E-state index contributed by atoms with van der Waals surface area (Å²) in [6, 6.07) is 11.4. The number of ether oxygens (including phenoxy) is 1. The van der Waals surface area contributed by atoms with Crippen LogP contribution >= 0.6 is 0 Å². The van der Waals surface area contributed by atoms with Gasteiger partial charge in [0.1, 0.15) is 5.75 Å². The van der Waals surface area contributed by atoms with E-state index in [-0.39, 0.29) is 5.78 Å². The van der Waals surface area contributed by atoms with Crippen molar-refractivity contribution < 1.29 is 9.53 Å². The molecule has 0 N–H and O–H groups in total. The molecule has 0 saturated carbocycles. The Labute approximate surface area is 119 Å². The summed E-state index contributed by atoms with van der Waals surface area (Å²) >= 11 is 0. The van der Waals surface area contributed by atoms with Crippen LogP contribution < -0.4 is 4.74 Å². The van der Waals surface area contributed by atoms with Crippen molar-refractivity contribution in [3.05, 3.63) is 53.7 Å². The number of ketones is 1. The van der Waals surface area contributed by atoms with Gasteiger partial charge in [0, 0.05) is 24.2 Å². The fourth-order valence-corrected chi connectivity index (χ4v) is 1.85. The van der Waals surface area contributed by atoms with Gasteiger partial charge in [-0.1, -0.05) is 32.9 Å². The van der Waals surface area contributed by atoms with Crippen LogP contribution in [0.5, 0.6) is 11.6 Å². The van der Waals surface area contributed by atoms with Gasteiger partial charge in [-0.05, 0) is 29.7 Å². The lowest BCUT2D eigenvalue weighted by Gasteiger charge is -2.08. The number of carbonyl (C=O) groups is 1. The number of hydrogen-bond donors (Lipinski definition) is 0. The summed E-state index contributed by atoms with van der Waals surface area (Å²) in [7, 11) is 0. The number of benzene rings is 1. The molecule has 3 nitrogen and oxygen atoms in total. The number of aromatic nitrogens is 1. The molecule has 0 amide bonds. The maximum Gasteiger partial charge on any atom is 0.219 e. The highest BCUT2D eigenvalue weighted by Crippen LogP contribution is 2.22. The van der Waals surface area contributed by atoms with E-state index < -0.39 is 0 Å². The summed E-state index contributed by atoms with van der Waals surface area (Å²) in [6.07, 6.45) is 2.04. The summed E-state index contributed by atoms with van der Waals surface area (Å²) in [6.45, 7) is 6.14. The van der Waals surface area contributed by atoms with Crippen LogP contribution in [0.15, 0.2) is 42.6 Å². The average Bonchev–Trinajstić information content (AvgIpc) is 2.48. The lowest BCUT2D eigenvalue weighted by atomic mass is 10.0. The van der Waals surface area contributed by atoms with Crippen molar-refractivity contribution in [3.63, 3.8) is 0 Å². The van der Waals surface area contributed by atoms with Gasteiger partial charge in [0.05, 0.1) is 0 Å². The van der Waals surface area contributed by atoms with Crippen molar-refractivity contribution in [1.29, 1.82) is 0 Å². The van der Waals surface area contributed by atoms with E-state index in [0.717, 1.165) is 5.75 Å². The van der Waals surface area contributed by atoms with Crippen LogP contribution in [0, 0.1) is 0 Å². The number of carbonyl (C=O) groups excluding carboxylic acids is 1. The highest BCUT2D eigenvalue weighted by Gasteiger charge is 2.05. The van der Waals surface area contributed by atoms with E-state index in [1.807, 2.05) is 19.1 Å². The molecule has 0 saturated heterocycles. The molecule has 0 aliphatic carbocycles. The van der Waals surface area contributed by atoms with Crippen LogP contribution in [-0.4, -0.2) is 10.8 Å². The number of rotatable bonds is 5. The van der Waals surface area contributed by atoms with Crippen LogP contribution in [0.1, 0.15) is 49.0 Å². The average molecular weight is 269 g/mol.